The molecule has 1 aliphatic rings. The molecule has 178 valence electrons. The normalized spacial score (nSPS) is 12.6. The van der Waals surface area contributed by atoms with Gasteiger partial charge in [-0.25, -0.2) is 4.90 Å². The second-order valence-electron chi connectivity index (χ2n) is 8.81. The van der Waals surface area contributed by atoms with E-state index in [2.05, 4.69) is 5.32 Å². The molecule has 0 bridgehead atoms. The van der Waals surface area contributed by atoms with E-state index in [9.17, 15) is 19.2 Å². The molecule has 0 radical (unpaired) electrons. The van der Waals surface area contributed by atoms with Crippen LogP contribution in [0.15, 0.2) is 89.9 Å². The molecular formula is C29H23N3O4. The number of fused-ring (bicyclic) bond motifs is 1. The fourth-order valence-electron chi connectivity index (χ4n) is 4.25. The van der Waals surface area contributed by atoms with Crippen molar-refractivity contribution >= 4 is 29.1 Å². The maximum absolute atomic E-state index is 13.2. The van der Waals surface area contributed by atoms with Crippen LogP contribution in [0.25, 0.3) is 0 Å². The Hall–Kier alpha value is -4.78. The largest absolute Gasteiger partial charge is 0.322 e. The number of aromatic nitrogens is 1. The zero-order valence-corrected chi connectivity index (χ0v) is 19.8. The summed E-state index contributed by atoms with van der Waals surface area (Å²) in [4.78, 5) is 52.2. The van der Waals surface area contributed by atoms with Gasteiger partial charge in [-0.3, -0.25) is 19.2 Å². The maximum atomic E-state index is 13.2. The number of aryl methyl sites for hydroxylation is 2. The van der Waals surface area contributed by atoms with E-state index in [0.29, 0.717) is 17.9 Å². The first-order valence-electron chi connectivity index (χ1n) is 11.5. The highest BCUT2D eigenvalue weighted by Crippen LogP contribution is 2.32. The molecule has 7 heteroatoms. The summed E-state index contributed by atoms with van der Waals surface area (Å²) in [5, 5.41) is 2.82. The van der Waals surface area contributed by atoms with Gasteiger partial charge >= 0.3 is 0 Å². The summed E-state index contributed by atoms with van der Waals surface area (Å²) < 4.78 is 1.60. The van der Waals surface area contributed by atoms with Crippen LogP contribution in [0.1, 0.15) is 47.8 Å². The Morgan fingerprint density at radius 3 is 2.31 bits per heavy atom. The third-order valence-electron chi connectivity index (χ3n) is 6.22. The third-order valence-corrected chi connectivity index (χ3v) is 6.22. The number of hydrogen-bond donors (Lipinski definition) is 1. The van der Waals surface area contributed by atoms with E-state index in [1.807, 2.05) is 44.2 Å². The lowest BCUT2D eigenvalue weighted by atomic mass is 10.1. The topological polar surface area (TPSA) is 88.5 Å². The van der Waals surface area contributed by atoms with Crippen LogP contribution < -0.4 is 15.8 Å². The van der Waals surface area contributed by atoms with Crippen LogP contribution in [-0.2, 0) is 6.54 Å². The van der Waals surface area contributed by atoms with Gasteiger partial charge in [0.1, 0.15) is 0 Å². The lowest BCUT2D eigenvalue weighted by Crippen LogP contribution is -2.30. The summed E-state index contributed by atoms with van der Waals surface area (Å²) in [6, 6.07) is 22.3. The first-order valence-corrected chi connectivity index (χ1v) is 11.5. The van der Waals surface area contributed by atoms with Gasteiger partial charge < -0.3 is 9.88 Å². The fourth-order valence-corrected chi connectivity index (χ4v) is 4.25. The Morgan fingerprint density at radius 1 is 0.806 bits per heavy atom. The highest BCUT2D eigenvalue weighted by molar-refractivity contribution is 6.35. The zero-order valence-electron chi connectivity index (χ0n) is 19.8. The number of nitrogens with one attached hydrogen (secondary N) is 1. The lowest BCUT2D eigenvalue weighted by molar-refractivity contribution is 0.0925. The molecule has 1 aliphatic heterocycles. The van der Waals surface area contributed by atoms with Gasteiger partial charge in [-0.15, -0.1) is 0 Å². The molecule has 0 unspecified atom stereocenters. The molecule has 0 atom stereocenters. The molecular weight excluding hydrogens is 454 g/mol. The molecule has 7 nitrogen and oxygen atoms in total. The molecule has 5 rings (SSSR count). The van der Waals surface area contributed by atoms with Crippen LogP contribution >= 0.6 is 0 Å². The molecule has 3 aromatic carbocycles. The van der Waals surface area contributed by atoms with Crippen molar-refractivity contribution in [2.24, 2.45) is 0 Å². The van der Waals surface area contributed by atoms with Crippen LogP contribution in [0.3, 0.4) is 0 Å². The molecule has 36 heavy (non-hydrogen) atoms. The van der Waals surface area contributed by atoms with Crippen molar-refractivity contribution in [1.29, 1.82) is 0 Å². The molecule has 0 spiro atoms. The number of benzene rings is 3. The van der Waals surface area contributed by atoms with E-state index in [1.165, 1.54) is 23.1 Å². The summed E-state index contributed by atoms with van der Waals surface area (Å²) in [6.45, 7) is 4.17. The number of nitrogens with zero attached hydrogens (tertiary/aromatic N) is 2. The molecule has 2 heterocycles. The van der Waals surface area contributed by atoms with Crippen LogP contribution in [-0.4, -0.2) is 22.3 Å². The zero-order chi connectivity index (χ0) is 25.4. The Labute approximate surface area is 207 Å². The van der Waals surface area contributed by atoms with Gasteiger partial charge in [-0.05, 0) is 73.0 Å². The van der Waals surface area contributed by atoms with E-state index in [0.717, 1.165) is 16.7 Å². The number of imide groups is 1. The van der Waals surface area contributed by atoms with E-state index in [-0.39, 0.29) is 22.2 Å². The Morgan fingerprint density at radius 2 is 1.56 bits per heavy atom. The van der Waals surface area contributed by atoms with E-state index in [1.54, 1.807) is 41.1 Å². The number of carbonyl (C=O) groups is 3. The number of pyridine rings is 1. The second kappa shape index (κ2) is 9.11. The second-order valence-corrected chi connectivity index (χ2v) is 8.81. The summed E-state index contributed by atoms with van der Waals surface area (Å²) >= 11 is 0. The minimum Gasteiger partial charge on any atom is -0.322 e. The highest BCUT2D eigenvalue weighted by Gasteiger charge is 2.37. The van der Waals surface area contributed by atoms with Gasteiger partial charge in [0.15, 0.2) is 0 Å². The fraction of sp³-hybridized carbons (Fsp3) is 0.103. The number of hydrogen-bond acceptors (Lipinski definition) is 4. The van der Waals surface area contributed by atoms with Gasteiger partial charge in [0.2, 0.25) is 0 Å². The van der Waals surface area contributed by atoms with Crippen LogP contribution in [0.2, 0.25) is 0 Å². The van der Waals surface area contributed by atoms with Crippen molar-refractivity contribution < 1.29 is 14.4 Å². The van der Waals surface area contributed by atoms with Crippen molar-refractivity contribution in [2.45, 2.75) is 20.4 Å². The highest BCUT2D eigenvalue weighted by atomic mass is 16.2. The van der Waals surface area contributed by atoms with Crippen LogP contribution in [0.5, 0.6) is 0 Å². The lowest BCUT2D eigenvalue weighted by Gasteiger charge is -2.17. The number of rotatable bonds is 5. The molecule has 1 aromatic heterocycles. The van der Waals surface area contributed by atoms with Crippen molar-refractivity contribution in [3.63, 3.8) is 0 Å². The molecule has 0 aliphatic carbocycles. The van der Waals surface area contributed by atoms with Crippen LogP contribution in [0, 0.1) is 13.8 Å². The Bertz CT molecular complexity index is 1590. The van der Waals surface area contributed by atoms with Gasteiger partial charge in [0.05, 0.1) is 23.4 Å². The van der Waals surface area contributed by atoms with E-state index >= 15 is 0 Å². The first kappa shape index (κ1) is 23.0. The molecule has 1 N–H and O–H groups in total. The standard InChI is InChI=1S/C29H23N3O4/c1-18-6-7-19(2)25(15-18)32-28(35)23-13-10-21(16-24(23)29(32)36)27(34)30-22-11-8-20(9-12-22)17-31-14-4-3-5-26(31)33/h3-16H,17H2,1-2H3,(H,30,34). The summed E-state index contributed by atoms with van der Waals surface area (Å²) in [5.74, 6) is -1.24. The average Bonchev–Trinajstić information content (AvgIpc) is 3.12. The quantitative estimate of drug-likeness (QED) is 0.427. The molecule has 0 saturated carbocycles. The minimum atomic E-state index is -0.446. The van der Waals surface area contributed by atoms with E-state index < -0.39 is 17.7 Å². The van der Waals surface area contributed by atoms with Gasteiger partial charge in [0, 0.05) is 23.5 Å². The van der Waals surface area contributed by atoms with Crippen molar-refractivity contribution in [2.75, 3.05) is 10.2 Å². The number of carbonyl (C=O) groups excluding carboxylic acids is 3. The van der Waals surface area contributed by atoms with Crippen molar-refractivity contribution in [3.8, 4) is 0 Å². The monoisotopic (exact) mass is 477 g/mol. The molecule has 0 saturated heterocycles. The number of anilines is 2. The maximum Gasteiger partial charge on any atom is 0.266 e. The van der Waals surface area contributed by atoms with Gasteiger partial charge in [-0.1, -0.05) is 30.3 Å². The van der Waals surface area contributed by atoms with Gasteiger partial charge in [0.25, 0.3) is 23.3 Å². The molecule has 0 fully saturated rings. The summed E-state index contributed by atoms with van der Waals surface area (Å²) in [5.41, 5.74) is 4.45. The summed E-state index contributed by atoms with van der Waals surface area (Å²) in [6.07, 6.45) is 1.72. The Balaban J connectivity index is 1.33. The van der Waals surface area contributed by atoms with Crippen molar-refractivity contribution in [1.82, 2.24) is 4.57 Å². The smallest absolute Gasteiger partial charge is 0.266 e. The predicted molar refractivity (Wildman–Crippen MR) is 138 cm³/mol. The Kier molecular flexibility index (Phi) is 5.82. The molecule has 4 aromatic rings. The summed E-state index contributed by atoms with van der Waals surface area (Å²) in [7, 11) is 0. The first-order chi connectivity index (χ1) is 17.3. The minimum absolute atomic E-state index is 0.0874. The van der Waals surface area contributed by atoms with Crippen LogP contribution in [0.4, 0.5) is 11.4 Å². The van der Waals surface area contributed by atoms with Gasteiger partial charge in [-0.2, -0.15) is 0 Å². The average molecular weight is 478 g/mol. The SMILES string of the molecule is Cc1ccc(C)c(N2C(=O)c3ccc(C(=O)Nc4ccc(Cn5ccccc5=O)cc4)cc3C2=O)c1. The third kappa shape index (κ3) is 4.22. The predicted octanol–water partition coefficient (Wildman–Crippen LogP) is 4.57. The number of amides is 3. The van der Waals surface area contributed by atoms with E-state index in [4.69, 9.17) is 0 Å². The van der Waals surface area contributed by atoms with Crippen molar-refractivity contribution in [3.05, 3.63) is 129 Å². The molecule has 3 amide bonds.